The molecule has 0 fully saturated rings. The number of furan rings is 1. The minimum absolute atomic E-state index is 0.341. The fraction of sp³-hybridized carbons (Fsp3) is 0. The van der Waals surface area contributed by atoms with Gasteiger partial charge >= 0.3 is 0 Å². The lowest BCUT2D eigenvalue weighted by molar-refractivity contribution is 0.102. The summed E-state index contributed by atoms with van der Waals surface area (Å²) in [6.45, 7) is 0. The van der Waals surface area contributed by atoms with Gasteiger partial charge in [0.05, 0.1) is 11.1 Å². The van der Waals surface area contributed by atoms with Crippen LogP contribution in [0.5, 0.6) is 0 Å². The van der Waals surface area contributed by atoms with Crippen molar-refractivity contribution < 1.29 is 13.6 Å². The van der Waals surface area contributed by atoms with Crippen molar-refractivity contribution in [3.05, 3.63) is 96.3 Å². The molecule has 140 valence electrons. The van der Waals surface area contributed by atoms with Crippen LogP contribution >= 0.6 is 0 Å². The maximum absolute atomic E-state index is 13.5. The number of aromatic nitrogens is 1. The molecule has 2 heterocycles. The third kappa shape index (κ3) is 3.23. The van der Waals surface area contributed by atoms with Gasteiger partial charge in [-0.15, -0.1) is 0 Å². The zero-order chi connectivity index (χ0) is 19.8. The van der Waals surface area contributed by atoms with Gasteiger partial charge < -0.3 is 9.73 Å². The Hall–Kier alpha value is -3.99. The first-order valence-corrected chi connectivity index (χ1v) is 9.13. The van der Waals surface area contributed by atoms with E-state index >= 15 is 0 Å². The molecule has 2 aromatic heterocycles. The molecule has 0 atom stereocenters. The lowest BCUT2D eigenvalue weighted by Gasteiger charge is -2.10. The molecule has 1 amide bonds. The second kappa shape index (κ2) is 6.87. The summed E-state index contributed by atoms with van der Waals surface area (Å²) >= 11 is 0. The van der Waals surface area contributed by atoms with Crippen LogP contribution in [0.4, 0.5) is 10.1 Å². The summed E-state index contributed by atoms with van der Waals surface area (Å²) in [5, 5.41) is 4.43. The topological polar surface area (TPSA) is 55.1 Å². The minimum Gasteiger partial charge on any atom is -0.454 e. The molecule has 5 heteroatoms. The lowest BCUT2D eigenvalue weighted by Crippen LogP contribution is -2.13. The number of amides is 1. The number of nitrogens with zero attached hydrogens (tertiary/aromatic N) is 1. The summed E-state index contributed by atoms with van der Waals surface area (Å²) in [6.07, 6.45) is 0. The molecule has 0 spiro atoms. The molecule has 0 aliphatic heterocycles. The Morgan fingerprint density at radius 2 is 1.72 bits per heavy atom. The molecule has 0 aliphatic carbocycles. The van der Waals surface area contributed by atoms with Crippen molar-refractivity contribution in [2.45, 2.75) is 0 Å². The molecule has 5 rings (SSSR count). The molecule has 4 nitrogen and oxygen atoms in total. The quantitative estimate of drug-likeness (QED) is 0.414. The van der Waals surface area contributed by atoms with Gasteiger partial charge in [0.15, 0.2) is 5.76 Å². The van der Waals surface area contributed by atoms with Gasteiger partial charge in [-0.3, -0.25) is 4.79 Å². The number of hydrogen-bond acceptors (Lipinski definition) is 3. The lowest BCUT2D eigenvalue weighted by atomic mass is 10.1. The molecule has 0 radical (unpaired) electrons. The Morgan fingerprint density at radius 3 is 2.59 bits per heavy atom. The van der Waals surface area contributed by atoms with Crippen molar-refractivity contribution in [3.63, 3.8) is 0 Å². The molecule has 3 aromatic carbocycles. The Bertz CT molecular complexity index is 1340. The number of anilines is 1. The first kappa shape index (κ1) is 17.1. The fourth-order valence-electron chi connectivity index (χ4n) is 3.36. The van der Waals surface area contributed by atoms with Gasteiger partial charge in [0.25, 0.3) is 5.91 Å². The number of carbonyl (C=O) groups is 1. The normalized spacial score (nSPS) is 11.1. The number of para-hydroxylation sites is 2. The van der Waals surface area contributed by atoms with Gasteiger partial charge in [-0.05, 0) is 42.5 Å². The van der Waals surface area contributed by atoms with Crippen molar-refractivity contribution in [2.75, 3.05) is 5.32 Å². The standard InChI is InChI=1S/C24H15FN2O2/c25-16-7-5-8-17(13-16)26-24(28)19-14-21(27-20-10-3-2-9-18(19)20)23-12-15-6-1-4-11-22(15)29-23/h1-14H,(H,26,28). The minimum atomic E-state index is -0.412. The highest BCUT2D eigenvalue weighted by atomic mass is 19.1. The third-order valence-corrected chi connectivity index (χ3v) is 4.72. The number of hydrogen-bond donors (Lipinski definition) is 1. The van der Waals surface area contributed by atoms with E-state index in [-0.39, 0.29) is 5.91 Å². The second-order valence-corrected chi connectivity index (χ2v) is 6.69. The number of pyridine rings is 1. The van der Waals surface area contributed by atoms with Crippen molar-refractivity contribution >= 4 is 33.5 Å². The summed E-state index contributed by atoms with van der Waals surface area (Å²) < 4.78 is 19.4. The van der Waals surface area contributed by atoms with Crippen LogP contribution in [0.3, 0.4) is 0 Å². The van der Waals surface area contributed by atoms with Gasteiger partial charge in [-0.2, -0.15) is 0 Å². The van der Waals surface area contributed by atoms with Crippen molar-refractivity contribution in [1.29, 1.82) is 0 Å². The van der Waals surface area contributed by atoms with Crippen LogP contribution in [0.25, 0.3) is 33.3 Å². The van der Waals surface area contributed by atoms with E-state index in [0.29, 0.717) is 33.6 Å². The van der Waals surface area contributed by atoms with Gasteiger partial charge in [0, 0.05) is 16.5 Å². The highest BCUT2D eigenvalue weighted by molar-refractivity contribution is 6.13. The highest BCUT2D eigenvalue weighted by Crippen LogP contribution is 2.30. The first-order chi connectivity index (χ1) is 14.2. The maximum atomic E-state index is 13.5. The van der Waals surface area contributed by atoms with Crippen molar-refractivity contribution in [1.82, 2.24) is 4.98 Å². The molecule has 5 aromatic rings. The molecule has 0 saturated carbocycles. The number of benzene rings is 3. The van der Waals surface area contributed by atoms with E-state index in [2.05, 4.69) is 10.3 Å². The van der Waals surface area contributed by atoms with Crippen LogP contribution in [0, 0.1) is 5.82 Å². The first-order valence-electron chi connectivity index (χ1n) is 9.13. The molecule has 0 bridgehead atoms. The van der Waals surface area contributed by atoms with Crippen LogP contribution in [0.15, 0.2) is 89.3 Å². The molecule has 0 saturated heterocycles. The van der Waals surface area contributed by atoms with Crippen molar-refractivity contribution in [2.24, 2.45) is 0 Å². The summed E-state index contributed by atoms with van der Waals surface area (Å²) in [5.74, 6) is -0.173. The van der Waals surface area contributed by atoms with Gasteiger partial charge in [0.1, 0.15) is 17.1 Å². The van der Waals surface area contributed by atoms with E-state index < -0.39 is 5.82 Å². The summed E-state index contributed by atoms with van der Waals surface area (Å²) in [4.78, 5) is 17.7. The van der Waals surface area contributed by atoms with E-state index in [1.807, 2.05) is 54.6 Å². The van der Waals surface area contributed by atoms with Gasteiger partial charge in [0.2, 0.25) is 0 Å². The summed E-state index contributed by atoms with van der Waals surface area (Å²) in [7, 11) is 0. The van der Waals surface area contributed by atoms with E-state index in [1.165, 1.54) is 12.1 Å². The average molecular weight is 382 g/mol. The molecule has 29 heavy (non-hydrogen) atoms. The third-order valence-electron chi connectivity index (χ3n) is 4.72. The Morgan fingerprint density at radius 1 is 0.897 bits per heavy atom. The monoisotopic (exact) mass is 382 g/mol. The Kier molecular flexibility index (Phi) is 4.06. The van der Waals surface area contributed by atoms with Crippen LogP contribution in [-0.4, -0.2) is 10.9 Å². The van der Waals surface area contributed by atoms with Crippen LogP contribution in [0.2, 0.25) is 0 Å². The van der Waals surface area contributed by atoms with E-state index in [4.69, 9.17) is 4.42 Å². The van der Waals surface area contributed by atoms with Crippen LogP contribution in [0.1, 0.15) is 10.4 Å². The fourth-order valence-corrected chi connectivity index (χ4v) is 3.36. The predicted molar refractivity (Wildman–Crippen MR) is 111 cm³/mol. The largest absolute Gasteiger partial charge is 0.454 e. The highest BCUT2D eigenvalue weighted by Gasteiger charge is 2.16. The zero-order valence-electron chi connectivity index (χ0n) is 15.2. The Labute approximate surface area is 165 Å². The number of nitrogens with one attached hydrogen (secondary N) is 1. The SMILES string of the molecule is O=C(Nc1cccc(F)c1)c1cc(-c2cc3ccccc3o2)nc2ccccc12. The Balaban J connectivity index is 1.63. The molecule has 1 N–H and O–H groups in total. The van der Waals surface area contributed by atoms with Gasteiger partial charge in [-0.25, -0.2) is 9.37 Å². The predicted octanol–water partition coefficient (Wildman–Crippen LogP) is 6.04. The smallest absolute Gasteiger partial charge is 0.256 e. The molecular formula is C24H15FN2O2. The number of carbonyl (C=O) groups excluding carboxylic acids is 1. The molecule has 0 aliphatic rings. The number of rotatable bonds is 3. The summed E-state index contributed by atoms with van der Waals surface area (Å²) in [6, 6.07) is 24.5. The zero-order valence-corrected chi connectivity index (χ0v) is 15.2. The van der Waals surface area contributed by atoms with E-state index in [0.717, 1.165) is 11.0 Å². The average Bonchev–Trinajstić information content (AvgIpc) is 3.17. The van der Waals surface area contributed by atoms with E-state index in [9.17, 15) is 9.18 Å². The molecular weight excluding hydrogens is 367 g/mol. The number of fused-ring (bicyclic) bond motifs is 2. The van der Waals surface area contributed by atoms with Crippen molar-refractivity contribution in [3.8, 4) is 11.5 Å². The van der Waals surface area contributed by atoms with Gasteiger partial charge in [-0.1, -0.05) is 42.5 Å². The van der Waals surface area contributed by atoms with E-state index in [1.54, 1.807) is 18.2 Å². The number of halogens is 1. The van der Waals surface area contributed by atoms with Crippen LogP contribution < -0.4 is 5.32 Å². The second-order valence-electron chi connectivity index (χ2n) is 6.69. The maximum Gasteiger partial charge on any atom is 0.256 e. The summed E-state index contributed by atoms with van der Waals surface area (Å²) in [5.41, 5.74) is 2.82. The van der Waals surface area contributed by atoms with Crippen LogP contribution in [-0.2, 0) is 0 Å². The molecule has 0 unspecified atom stereocenters.